The Balaban J connectivity index is 2.34. The molecule has 0 unspecified atom stereocenters. The third kappa shape index (κ3) is 6.64. The standard InChI is InChI=1S/C14H22F3N5/c1-3-18-13(19-4-2)21-9-5-8-20-12-7-6-11(10-22-12)14(15,16)17/h6-7,10H,3-5,8-9H2,1-2H3,(H,20,22)(H2,18,19,21). The van der Waals surface area contributed by atoms with Crippen LogP contribution >= 0.6 is 0 Å². The first-order valence-corrected chi connectivity index (χ1v) is 7.26. The quantitative estimate of drug-likeness (QED) is 0.411. The van der Waals surface area contributed by atoms with Crippen molar-refractivity contribution in [2.24, 2.45) is 4.99 Å². The molecule has 0 aromatic carbocycles. The molecule has 0 aliphatic carbocycles. The van der Waals surface area contributed by atoms with Crippen molar-refractivity contribution in [1.29, 1.82) is 0 Å². The van der Waals surface area contributed by atoms with Crippen LogP contribution in [0.3, 0.4) is 0 Å². The third-order valence-electron chi connectivity index (χ3n) is 2.69. The van der Waals surface area contributed by atoms with Crippen LogP contribution in [0.15, 0.2) is 23.3 Å². The number of halogens is 3. The number of pyridine rings is 1. The second kappa shape index (κ2) is 9.11. The van der Waals surface area contributed by atoms with Crippen molar-refractivity contribution in [1.82, 2.24) is 15.6 Å². The maximum absolute atomic E-state index is 12.4. The van der Waals surface area contributed by atoms with Crippen LogP contribution in [-0.4, -0.2) is 37.1 Å². The number of hydrogen-bond acceptors (Lipinski definition) is 3. The Labute approximate surface area is 128 Å². The number of alkyl halides is 3. The predicted octanol–water partition coefficient (Wildman–Crippen LogP) is 2.48. The van der Waals surface area contributed by atoms with Gasteiger partial charge in [-0.2, -0.15) is 13.2 Å². The molecule has 0 radical (unpaired) electrons. The largest absolute Gasteiger partial charge is 0.417 e. The molecule has 5 nitrogen and oxygen atoms in total. The Morgan fingerprint density at radius 2 is 1.86 bits per heavy atom. The smallest absolute Gasteiger partial charge is 0.370 e. The number of nitrogens with one attached hydrogen (secondary N) is 3. The van der Waals surface area contributed by atoms with E-state index in [1.54, 1.807) is 0 Å². The van der Waals surface area contributed by atoms with Gasteiger partial charge in [0, 0.05) is 32.4 Å². The van der Waals surface area contributed by atoms with Crippen LogP contribution < -0.4 is 16.0 Å². The molecule has 0 saturated carbocycles. The van der Waals surface area contributed by atoms with Gasteiger partial charge >= 0.3 is 6.18 Å². The molecular formula is C14H22F3N5. The van der Waals surface area contributed by atoms with E-state index in [4.69, 9.17) is 0 Å². The van der Waals surface area contributed by atoms with Gasteiger partial charge in [-0.1, -0.05) is 0 Å². The molecule has 0 atom stereocenters. The van der Waals surface area contributed by atoms with Gasteiger partial charge in [0.15, 0.2) is 5.96 Å². The Morgan fingerprint density at radius 3 is 2.36 bits per heavy atom. The molecule has 0 aliphatic heterocycles. The van der Waals surface area contributed by atoms with Crippen molar-refractivity contribution in [2.45, 2.75) is 26.4 Å². The molecule has 0 fully saturated rings. The summed E-state index contributed by atoms with van der Waals surface area (Å²) in [5, 5.41) is 9.20. The molecule has 0 saturated heterocycles. The number of rotatable bonds is 7. The Kier molecular flexibility index (Phi) is 7.48. The van der Waals surface area contributed by atoms with Gasteiger partial charge in [-0.3, -0.25) is 4.99 Å². The van der Waals surface area contributed by atoms with Crippen LogP contribution in [0.5, 0.6) is 0 Å². The predicted molar refractivity (Wildman–Crippen MR) is 82.0 cm³/mol. The van der Waals surface area contributed by atoms with E-state index in [9.17, 15) is 13.2 Å². The molecule has 3 N–H and O–H groups in total. The summed E-state index contributed by atoms with van der Waals surface area (Å²) in [5.74, 6) is 1.19. The Morgan fingerprint density at radius 1 is 1.18 bits per heavy atom. The van der Waals surface area contributed by atoms with Gasteiger partial charge in [0.2, 0.25) is 0 Å². The molecule has 1 rings (SSSR count). The molecular weight excluding hydrogens is 295 g/mol. The lowest BCUT2D eigenvalue weighted by molar-refractivity contribution is -0.137. The van der Waals surface area contributed by atoms with E-state index in [0.717, 1.165) is 37.7 Å². The second-order valence-electron chi connectivity index (χ2n) is 4.50. The van der Waals surface area contributed by atoms with Gasteiger partial charge in [-0.25, -0.2) is 4.98 Å². The normalized spacial score (nSPS) is 11.0. The van der Waals surface area contributed by atoms with Crippen molar-refractivity contribution >= 4 is 11.8 Å². The van der Waals surface area contributed by atoms with Gasteiger partial charge < -0.3 is 16.0 Å². The molecule has 0 amide bonds. The van der Waals surface area contributed by atoms with Gasteiger partial charge in [0.25, 0.3) is 0 Å². The van der Waals surface area contributed by atoms with E-state index in [-0.39, 0.29) is 0 Å². The average molecular weight is 317 g/mol. The Hall–Kier alpha value is -1.99. The van der Waals surface area contributed by atoms with E-state index in [2.05, 4.69) is 25.9 Å². The highest BCUT2D eigenvalue weighted by Gasteiger charge is 2.30. The van der Waals surface area contributed by atoms with Crippen molar-refractivity contribution in [3.63, 3.8) is 0 Å². The second-order valence-corrected chi connectivity index (χ2v) is 4.50. The van der Waals surface area contributed by atoms with Crippen LogP contribution in [0, 0.1) is 0 Å². The molecule has 1 aromatic rings. The van der Waals surface area contributed by atoms with Crippen LogP contribution in [0.2, 0.25) is 0 Å². The van der Waals surface area contributed by atoms with Crippen LogP contribution in [0.25, 0.3) is 0 Å². The van der Waals surface area contributed by atoms with E-state index in [0.29, 0.717) is 18.9 Å². The summed E-state index contributed by atoms with van der Waals surface area (Å²) in [7, 11) is 0. The van der Waals surface area contributed by atoms with Crippen LogP contribution in [0.1, 0.15) is 25.8 Å². The summed E-state index contributed by atoms with van der Waals surface area (Å²) < 4.78 is 37.2. The topological polar surface area (TPSA) is 61.3 Å². The summed E-state index contributed by atoms with van der Waals surface area (Å²) in [6.07, 6.45) is -2.77. The van der Waals surface area contributed by atoms with Gasteiger partial charge in [-0.05, 0) is 32.4 Å². The summed E-state index contributed by atoms with van der Waals surface area (Å²) in [6.45, 7) is 6.77. The van der Waals surface area contributed by atoms with E-state index < -0.39 is 11.7 Å². The lowest BCUT2D eigenvalue weighted by atomic mass is 10.3. The number of aliphatic imine (C=N–C) groups is 1. The average Bonchev–Trinajstić information content (AvgIpc) is 2.47. The van der Waals surface area contributed by atoms with Crippen LogP contribution in [-0.2, 0) is 6.18 Å². The fourth-order valence-electron chi connectivity index (χ4n) is 1.66. The monoisotopic (exact) mass is 317 g/mol. The summed E-state index contributed by atoms with van der Waals surface area (Å²) in [4.78, 5) is 8.11. The fourth-order valence-corrected chi connectivity index (χ4v) is 1.66. The molecule has 8 heteroatoms. The highest BCUT2D eigenvalue weighted by Crippen LogP contribution is 2.28. The zero-order valence-corrected chi connectivity index (χ0v) is 12.8. The minimum Gasteiger partial charge on any atom is -0.370 e. The highest BCUT2D eigenvalue weighted by atomic mass is 19.4. The van der Waals surface area contributed by atoms with Gasteiger partial charge in [0.1, 0.15) is 5.82 Å². The number of hydrogen-bond donors (Lipinski definition) is 3. The first-order chi connectivity index (χ1) is 10.5. The number of guanidine groups is 1. The molecule has 0 spiro atoms. The maximum Gasteiger partial charge on any atom is 0.417 e. The van der Waals surface area contributed by atoms with Gasteiger partial charge in [0.05, 0.1) is 5.56 Å². The molecule has 0 bridgehead atoms. The van der Waals surface area contributed by atoms with Gasteiger partial charge in [-0.15, -0.1) is 0 Å². The van der Waals surface area contributed by atoms with Crippen molar-refractivity contribution in [3.05, 3.63) is 23.9 Å². The minimum absolute atomic E-state index is 0.426. The molecule has 1 aromatic heterocycles. The lowest BCUT2D eigenvalue weighted by Crippen LogP contribution is -2.37. The zero-order valence-electron chi connectivity index (χ0n) is 12.8. The zero-order chi connectivity index (χ0) is 16.4. The highest BCUT2D eigenvalue weighted by molar-refractivity contribution is 5.79. The fraction of sp³-hybridized carbons (Fsp3) is 0.571. The van der Waals surface area contributed by atoms with Crippen LogP contribution in [0.4, 0.5) is 19.0 Å². The Bertz CT molecular complexity index is 449. The number of aromatic nitrogens is 1. The maximum atomic E-state index is 12.4. The lowest BCUT2D eigenvalue weighted by Gasteiger charge is -2.10. The number of anilines is 1. The molecule has 0 aliphatic rings. The SMILES string of the molecule is CCNC(=NCCCNc1ccc(C(F)(F)F)cn1)NCC. The van der Waals surface area contributed by atoms with E-state index in [1.807, 2.05) is 13.8 Å². The molecule has 124 valence electrons. The van der Waals surface area contributed by atoms with Crippen molar-refractivity contribution in [3.8, 4) is 0 Å². The summed E-state index contributed by atoms with van der Waals surface area (Å²) in [5.41, 5.74) is -0.747. The summed E-state index contributed by atoms with van der Waals surface area (Å²) >= 11 is 0. The minimum atomic E-state index is -4.35. The number of nitrogens with zero attached hydrogens (tertiary/aromatic N) is 2. The summed E-state index contributed by atoms with van der Waals surface area (Å²) in [6, 6.07) is 2.34. The molecule has 1 heterocycles. The first-order valence-electron chi connectivity index (χ1n) is 7.26. The molecule has 22 heavy (non-hydrogen) atoms. The third-order valence-corrected chi connectivity index (χ3v) is 2.69. The van der Waals surface area contributed by atoms with Crippen molar-refractivity contribution in [2.75, 3.05) is 31.5 Å². The van der Waals surface area contributed by atoms with Crippen molar-refractivity contribution < 1.29 is 13.2 Å². The van der Waals surface area contributed by atoms with E-state index in [1.165, 1.54) is 6.07 Å². The first kappa shape index (κ1) is 18.1. The van der Waals surface area contributed by atoms with E-state index >= 15 is 0 Å².